The van der Waals surface area contributed by atoms with E-state index in [0.29, 0.717) is 16.3 Å². The largest absolute Gasteiger partial charge is 0.497 e. The number of benzene rings is 2. The Morgan fingerprint density at radius 2 is 1.77 bits per heavy atom. The lowest BCUT2D eigenvalue weighted by molar-refractivity contribution is -0.143. The fourth-order valence-corrected chi connectivity index (χ4v) is 6.01. The summed E-state index contributed by atoms with van der Waals surface area (Å²) in [6.07, 6.45) is 0. The summed E-state index contributed by atoms with van der Waals surface area (Å²) in [7, 11) is -2.40. The van der Waals surface area contributed by atoms with Gasteiger partial charge in [0, 0.05) is 17.5 Å². The summed E-state index contributed by atoms with van der Waals surface area (Å²) in [5, 5.41) is 9.02. The molecule has 0 spiro atoms. The molecule has 2 aromatic rings. The number of rotatable bonds is 6. The molecule has 3 atom stereocenters. The third kappa shape index (κ3) is 2.76. The number of halogens is 1. The van der Waals surface area contributed by atoms with Crippen molar-refractivity contribution in [3.8, 4) is 5.75 Å². The van der Waals surface area contributed by atoms with E-state index in [1.54, 1.807) is 24.3 Å². The van der Waals surface area contributed by atoms with Crippen LogP contribution in [0.15, 0.2) is 53.4 Å². The summed E-state index contributed by atoms with van der Waals surface area (Å²) < 4.78 is 31.3. The van der Waals surface area contributed by atoms with E-state index in [1.807, 2.05) is 0 Å². The first-order valence-corrected chi connectivity index (χ1v) is 9.78. The second-order valence-corrected chi connectivity index (χ2v) is 8.73. The van der Waals surface area contributed by atoms with Crippen molar-refractivity contribution in [1.29, 1.82) is 0 Å². The van der Waals surface area contributed by atoms with Crippen molar-refractivity contribution in [2.75, 3.05) is 13.7 Å². The number of aliphatic carboxylic acids is 1. The van der Waals surface area contributed by atoms with Crippen LogP contribution in [0.25, 0.3) is 0 Å². The van der Waals surface area contributed by atoms with Gasteiger partial charge in [-0.1, -0.05) is 23.7 Å². The first-order chi connectivity index (χ1) is 12.3. The Hall–Kier alpha value is -2.09. The van der Waals surface area contributed by atoms with Crippen molar-refractivity contribution in [2.24, 2.45) is 11.1 Å². The van der Waals surface area contributed by atoms with E-state index < -0.39 is 32.4 Å². The number of sulfone groups is 1. The van der Waals surface area contributed by atoms with Crippen LogP contribution in [-0.2, 0) is 14.6 Å². The highest BCUT2D eigenvalue weighted by molar-refractivity contribution is 7.92. The van der Waals surface area contributed by atoms with Crippen LogP contribution in [0.4, 0.5) is 0 Å². The second kappa shape index (κ2) is 6.57. The van der Waals surface area contributed by atoms with E-state index in [-0.39, 0.29) is 11.4 Å². The maximum Gasteiger partial charge on any atom is 0.312 e. The van der Waals surface area contributed by atoms with Gasteiger partial charge in [0.25, 0.3) is 0 Å². The van der Waals surface area contributed by atoms with Crippen molar-refractivity contribution in [3.63, 3.8) is 0 Å². The summed E-state index contributed by atoms with van der Waals surface area (Å²) in [5.74, 6) is -1.36. The summed E-state index contributed by atoms with van der Waals surface area (Å²) in [6.45, 7) is -0.281. The van der Waals surface area contributed by atoms with Gasteiger partial charge in [-0.3, -0.25) is 4.79 Å². The summed E-state index contributed by atoms with van der Waals surface area (Å²) in [4.78, 5) is 12.0. The van der Waals surface area contributed by atoms with Gasteiger partial charge in [-0.25, -0.2) is 8.42 Å². The minimum Gasteiger partial charge on any atom is -0.497 e. The van der Waals surface area contributed by atoms with Gasteiger partial charge in [-0.05, 0) is 42.0 Å². The predicted molar refractivity (Wildman–Crippen MR) is 97.3 cm³/mol. The fraction of sp³-hybridized carbons (Fsp3) is 0.278. The van der Waals surface area contributed by atoms with Gasteiger partial charge in [0.2, 0.25) is 0 Å². The summed E-state index contributed by atoms with van der Waals surface area (Å²) in [5.41, 5.74) is 4.79. The smallest absolute Gasteiger partial charge is 0.312 e. The molecule has 1 aliphatic rings. The average Bonchev–Trinajstić information content (AvgIpc) is 3.34. The highest BCUT2D eigenvalue weighted by Crippen LogP contribution is 2.63. The van der Waals surface area contributed by atoms with E-state index in [1.165, 1.54) is 31.4 Å². The van der Waals surface area contributed by atoms with Gasteiger partial charge >= 0.3 is 5.97 Å². The first-order valence-electron chi connectivity index (χ1n) is 7.86. The van der Waals surface area contributed by atoms with Gasteiger partial charge in [0.15, 0.2) is 9.84 Å². The molecule has 2 aromatic carbocycles. The van der Waals surface area contributed by atoms with Crippen molar-refractivity contribution in [1.82, 2.24) is 0 Å². The molecular formula is C18H18ClNO5S. The molecule has 6 nitrogen and oxygen atoms in total. The molecule has 1 saturated carbocycles. The molecule has 26 heavy (non-hydrogen) atoms. The van der Waals surface area contributed by atoms with Crippen LogP contribution in [-0.4, -0.2) is 38.4 Å². The Labute approximate surface area is 156 Å². The van der Waals surface area contributed by atoms with Gasteiger partial charge in [0.1, 0.15) is 11.2 Å². The van der Waals surface area contributed by atoms with Gasteiger partial charge in [-0.2, -0.15) is 0 Å². The third-order valence-corrected chi connectivity index (χ3v) is 7.49. The lowest BCUT2D eigenvalue weighted by Crippen LogP contribution is -2.31. The van der Waals surface area contributed by atoms with E-state index in [4.69, 9.17) is 22.1 Å². The van der Waals surface area contributed by atoms with E-state index in [2.05, 4.69) is 0 Å². The SMILES string of the molecule is COc1ccc([C@H]2[C@@H](S(=O)(=O)c3ccc(Cl)cc3)[C@@]2(CN)C(=O)O)cc1. The molecule has 0 heterocycles. The number of hydrogen-bond donors (Lipinski definition) is 2. The molecule has 0 bridgehead atoms. The zero-order valence-corrected chi connectivity index (χ0v) is 15.5. The number of nitrogens with two attached hydrogens (primary N) is 1. The van der Waals surface area contributed by atoms with Crippen LogP contribution < -0.4 is 10.5 Å². The number of carbonyl (C=O) groups is 1. The quantitative estimate of drug-likeness (QED) is 0.777. The molecule has 8 heteroatoms. The maximum atomic E-state index is 13.1. The van der Waals surface area contributed by atoms with Crippen molar-refractivity contribution in [2.45, 2.75) is 16.1 Å². The van der Waals surface area contributed by atoms with Crippen LogP contribution in [0.3, 0.4) is 0 Å². The predicted octanol–water partition coefficient (Wildman–Crippen LogP) is 2.32. The molecule has 0 aliphatic heterocycles. The normalized spacial score (nSPS) is 24.9. The summed E-state index contributed by atoms with van der Waals surface area (Å²) >= 11 is 5.82. The number of methoxy groups -OCH3 is 1. The van der Waals surface area contributed by atoms with Crippen LogP contribution in [0, 0.1) is 5.41 Å². The lowest BCUT2D eigenvalue weighted by atomic mass is 9.99. The van der Waals surface area contributed by atoms with E-state index in [9.17, 15) is 18.3 Å². The highest BCUT2D eigenvalue weighted by Gasteiger charge is 2.75. The first kappa shape index (κ1) is 18.7. The minimum absolute atomic E-state index is 0.0296. The van der Waals surface area contributed by atoms with E-state index >= 15 is 0 Å². The maximum absolute atomic E-state index is 13.1. The molecule has 1 fully saturated rings. The Bertz CT molecular complexity index is 927. The van der Waals surface area contributed by atoms with Crippen molar-refractivity contribution >= 4 is 27.4 Å². The average molecular weight is 396 g/mol. The van der Waals surface area contributed by atoms with Crippen molar-refractivity contribution in [3.05, 3.63) is 59.1 Å². The molecular weight excluding hydrogens is 378 g/mol. The highest BCUT2D eigenvalue weighted by atomic mass is 35.5. The molecule has 3 N–H and O–H groups in total. The van der Waals surface area contributed by atoms with E-state index in [0.717, 1.165) is 0 Å². The molecule has 3 rings (SSSR count). The zero-order valence-electron chi connectivity index (χ0n) is 13.9. The number of hydrogen-bond acceptors (Lipinski definition) is 5. The molecule has 0 amide bonds. The Morgan fingerprint density at radius 3 is 2.23 bits per heavy atom. The minimum atomic E-state index is -3.91. The summed E-state index contributed by atoms with van der Waals surface area (Å²) in [6, 6.07) is 12.4. The molecule has 0 aromatic heterocycles. The van der Waals surface area contributed by atoms with Gasteiger partial charge in [0.05, 0.1) is 17.3 Å². The van der Waals surface area contributed by atoms with Crippen molar-refractivity contribution < 1.29 is 23.1 Å². The monoisotopic (exact) mass is 395 g/mol. The Morgan fingerprint density at radius 1 is 1.19 bits per heavy atom. The molecule has 0 radical (unpaired) electrons. The molecule has 0 saturated heterocycles. The number of carboxylic acids is 1. The second-order valence-electron chi connectivity index (χ2n) is 6.22. The standard InChI is InChI=1S/C18H18ClNO5S/c1-25-13-6-2-11(3-7-13)15-16(18(15,10-20)17(21)22)26(23,24)14-8-4-12(19)5-9-14/h2-9,15-16H,10,20H2,1H3,(H,21,22)/t15-,16+,18-/m0/s1. The Balaban J connectivity index is 2.08. The van der Waals surface area contributed by atoms with Crippen LogP contribution >= 0.6 is 11.6 Å². The Kier molecular flexibility index (Phi) is 4.72. The van der Waals surface area contributed by atoms with Gasteiger partial charge < -0.3 is 15.6 Å². The fourth-order valence-electron chi connectivity index (χ4n) is 3.50. The van der Waals surface area contributed by atoms with Gasteiger partial charge in [-0.15, -0.1) is 0 Å². The topological polar surface area (TPSA) is 107 Å². The lowest BCUT2D eigenvalue weighted by Gasteiger charge is -2.10. The van der Waals surface area contributed by atoms with Crippen LogP contribution in [0.2, 0.25) is 5.02 Å². The van der Waals surface area contributed by atoms with Crippen LogP contribution in [0.5, 0.6) is 5.75 Å². The third-order valence-electron chi connectivity index (χ3n) is 4.94. The molecule has 0 unspecified atom stereocenters. The number of ether oxygens (including phenoxy) is 1. The molecule has 138 valence electrons. The number of carboxylic acid groups (broad SMARTS) is 1. The van der Waals surface area contributed by atoms with Crippen LogP contribution in [0.1, 0.15) is 11.5 Å². The molecule has 1 aliphatic carbocycles. The zero-order chi connectivity index (χ0) is 19.1.